The number of nitrogens with one attached hydrogen (secondary N) is 1. The summed E-state index contributed by atoms with van der Waals surface area (Å²) >= 11 is 0. The van der Waals surface area contributed by atoms with Gasteiger partial charge < -0.3 is 9.15 Å². The van der Waals surface area contributed by atoms with Crippen LogP contribution in [0.2, 0.25) is 0 Å². The van der Waals surface area contributed by atoms with E-state index < -0.39 is 17.3 Å². The van der Waals surface area contributed by atoms with Gasteiger partial charge in [-0.15, -0.1) is 10.2 Å². The molecule has 0 aliphatic carbocycles. The Kier molecular flexibility index (Phi) is 5.19. The van der Waals surface area contributed by atoms with Crippen LogP contribution in [0.4, 0.5) is 8.78 Å². The Bertz CT molecular complexity index is 1540. The van der Waals surface area contributed by atoms with Crippen molar-refractivity contribution in [3.8, 4) is 16.9 Å². The number of imidazole rings is 1. The minimum atomic E-state index is -0.627. The summed E-state index contributed by atoms with van der Waals surface area (Å²) in [7, 11) is 1.57. The fraction of sp³-hybridized carbons (Fsp3) is 0.227. The van der Waals surface area contributed by atoms with Crippen LogP contribution in [0.5, 0.6) is 5.75 Å². The molecule has 0 spiro atoms. The molecule has 0 aliphatic rings. The van der Waals surface area contributed by atoms with Crippen molar-refractivity contribution >= 4 is 11.0 Å². The summed E-state index contributed by atoms with van der Waals surface area (Å²) in [5.74, 6) is -0.141. The average Bonchev–Trinajstić information content (AvgIpc) is 3.51. The molecule has 12 heteroatoms. The number of rotatable bonds is 6. The minimum Gasteiger partial charge on any atom is -0.482 e. The summed E-state index contributed by atoms with van der Waals surface area (Å²) in [6, 6.07) is 5.45. The number of hydrogen-bond donors (Lipinski definition) is 1. The molecule has 10 nitrogen and oxygen atoms in total. The highest BCUT2D eigenvalue weighted by atomic mass is 19.1. The second-order valence-corrected chi connectivity index (χ2v) is 7.79. The first-order valence-corrected chi connectivity index (χ1v) is 10.3. The van der Waals surface area contributed by atoms with Crippen LogP contribution in [0.3, 0.4) is 0 Å². The lowest BCUT2D eigenvalue weighted by atomic mass is 10.0. The first kappa shape index (κ1) is 21.5. The number of halogens is 2. The highest BCUT2D eigenvalue weighted by Crippen LogP contribution is 2.34. The van der Waals surface area contributed by atoms with Crippen LogP contribution in [0.25, 0.3) is 22.2 Å². The predicted octanol–water partition coefficient (Wildman–Crippen LogP) is 3.03. The quantitative estimate of drug-likeness (QED) is 0.408. The Balaban J connectivity index is 1.60. The number of fused-ring (bicyclic) bond motifs is 1. The molecule has 0 radical (unpaired) electrons. The van der Waals surface area contributed by atoms with E-state index >= 15 is 4.39 Å². The Hall–Kier alpha value is -4.35. The van der Waals surface area contributed by atoms with Gasteiger partial charge in [0.25, 0.3) is 0 Å². The molecule has 0 saturated heterocycles. The maximum absolute atomic E-state index is 15.0. The molecule has 0 aliphatic heterocycles. The van der Waals surface area contributed by atoms with Crippen molar-refractivity contribution in [2.45, 2.75) is 27.0 Å². The summed E-state index contributed by atoms with van der Waals surface area (Å²) in [5, 5.41) is 14.1. The number of benzene rings is 2. The fourth-order valence-corrected chi connectivity index (χ4v) is 3.94. The molecular formula is C22H19F2N7O3. The number of aromatic amines is 1. The lowest BCUT2D eigenvalue weighted by Crippen LogP contribution is -2.22. The molecule has 3 aromatic heterocycles. The topological polar surface area (TPSA) is 117 Å². The number of aromatic nitrogens is 7. The molecule has 3 heterocycles. The van der Waals surface area contributed by atoms with Crippen LogP contribution in [0, 0.1) is 25.5 Å². The summed E-state index contributed by atoms with van der Waals surface area (Å²) in [6.45, 7) is 3.30. The third-order valence-electron chi connectivity index (χ3n) is 5.42. The van der Waals surface area contributed by atoms with Crippen molar-refractivity contribution in [1.29, 1.82) is 0 Å². The maximum Gasteiger partial charge on any atom is 0.329 e. The number of ether oxygens (including phenoxy) is 1. The zero-order valence-corrected chi connectivity index (χ0v) is 18.5. The molecule has 5 rings (SSSR count). The first-order chi connectivity index (χ1) is 16.3. The number of H-pyrrole nitrogens is 1. The summed E-state index contributed by atoms with van der Waals surface area (Å²) in [6.07, 6.45) is 1.33. The van der Waals surface area contributed by atoms with Crippen LogP contribution in [0.15, 0.2) is 39.8 Å². The molecule has 34 heavy (non-hydrogen) atoms. The maximum atomic E-state index is 15.0. The molecule has 0 saturated carbocycles. The lowest BCUT2D eigenvalue weighted by Gasteiger charge is -2.13. The Morgan fingerprint density at radius 1 is 1.15 bits per heavy atom. The van der Waals surface area contributed by atoms with E-state index in [1.807, 2.05) is 0 Å². The van der Waals surface area contributed by atoms with Crippen molar-refractivity contribution in [2.24, 2.45) is 7.05 Å². The van der Waals surface area contributed by atoms with Crippen LogP contribution in [0.1, 0.15) is 23.2 Å². The number of hydrogen-bond acceptors (Lipinski definition) is 7. The second kappa shape index (κ2) is 8.21. The minimum absolute atomic E-state index is 0.00775. The molecule has 174 valence electrons. The predicted molar refractivity (Wildman–Crippen MR) is 116 cm³/mol. The normalized spacial score (nSPS) is 11.4. The van der Waals surface area contributed by atoms with E-state index in [0.717, 1.165) is 0 Å². The van der Waals surface area contributed by atoms with E-state index in [1.165, 1.54) is 33.7 Å². The van der Waals surface area contributed by atoms with Gasteiger partial charge in [-0.3, -0.25) is 14.2 Å². The Morgan fingerprint density at radius 3 is 2.65 bits per heavy atom. The van der Waals surface area contributed by atoms with Gasteiger partial charge >= 0.3 is 5.69 Å². The van der Waals surface area contributed by atoms with Gasteiger partial charge in [0.15, 0.2) is 17.4 Å². The summed E-state index contributed by atoms with van der Waals surface area (Å²) in [4.78, 5) is 16.9. The molecule has 5 aromatic rings. The van der Waals surface area contributed by atoms with E-state index in [0.29, 0.717) is 39.4 Å². The molecule has 0 bridgehead atoms. The molecule has 0 amide bonds. The summed E-state index contributed by atoms with van der Waals surface area (Å²) in [5.41, 5.74) is 1.62. The van der Waals surface area contributed by atoms with Gasteiger partial charge in [-0.1, -0.05) is 0 Å². The summed E-state index contributed by atoms with van der Waals surface area (Å²) < 4.78 is 43.4. The highest BCUT2D eigenvalue weighted by Gasteiger charge is 2.20. The first-order valence-electron chi connectivity index (χ1n) is 10.3. The molecular weight excluding hydrogens is 448 g/mol. The third kappa shape index (κ3) is 3.72. The van der Waals surface area contributed by atoms with Gasteiger partial charge in [0.1, 0.15) is 25.3 Å². The van der Waals surface area contributed by atoms with E-state index in [9.17, 15) is 9.18 Å². The van der Waals surface area contributed by atoms with E-state index in [2.05, 4.69) is 25.4 Å². The van der Waals surface area contributed by atoms with Crippen molar-refractivity contribution in [3.63, 3.8) is 0 Å². The van der Waals surface area contributed by atoms with Crippen molar-refractivity contribution < 1.29 is 17.9 Å². The van der Waals surface area contributed by atoms with Crippen LogP contribution >= 0.6 is 0 Å². The van der Waals surface area contributed by atoms with Gasteiger partial charge in [-0.25, -0.2) is 18.6 Å². The van der Waals surface area contributed by atoms with Crippen molar-refractivity contribution in [2.75, 3.05) is 0 Å². The highest BCUT2D eigenvalue weighted by molar-refractivity contribution is 5.93. The van der Waals surface area contributed by atoms with Gasteiger partial charge in [-0.2, -0.15) is 5.10 Å². The van der Waals surface area contributed by atoms with Crippen LogP contribution < -0.4 is 10.4 Å². The standard InChI is InChI=1S/C22H19F2N7O3/c1-11-4-13(5-16(24)21(11)33-9-18-25-10-26-28-18)15-6-14(23)7-17-20(15)30(3)22(32)31(17)8-19-29-27-12(2)34-19/h4-7,10H,8-9H2,1-3H3,(H,25,26,28). The largest absolute Gasteiger partial charge is 0.482 e. The average molecular weight is 467 g/mol. The smallest absolute Gasteiger partial charge is 0.329 e. The van der Waals surface area contributed by atoms with Crippen molar-refractivity contribution in [3.05, 3.63) is 75.9 Å². The fourth-order valence-electron chi connectivity index (χ4n) is 3.94. The SMILES string of the molecule is Cc1nnc(Cn2c(=O)n(C)c3c(-c4cc(C)c(OCc5ncn[nH]5)c(F)c4)cc(F)cc32)o1. The van der Waals surface area contributed by atoms with Gasteiger partial charge in [0.05, 0.1) is 11.0 Å². The second-order valence-electron chi connectivity index (χ2n) is 7.79. The monoisotopic (exact) mass is 467 g/mol. The zero-order valence-electron chi connectivity index (χ0n) is 18.5. The molecule has 0 unspecified atom stereocenters. The van der Waals surface area contributed by atoms with Gasteiger partial charge in [0, 0.05) is 19.5 Å². The zero-order chi connectivity index (χ0) is 24.0. The van der Waals surface area contributed by atoms with E-state index in [1.54, 1.807) is 27.0 Å². The molecule has 1 N–H and O–H groups in total. The number of aryl methyl sites for hydroxylation is 3. The van der Waals surface area contributed by atoms with Gasteiger partial charge in [-0.05, 0) is 42.3 Å². The van der Waals surface area contributed by atoms with E-state index in [4.69, 9.17) is 9.15 Å². The molecule has 0 fully saturated rings. The van der Waals surface area contributed by atoms with Gasteiger partial charge in [0.2, 0.25) is 11.8 Å². The Morgan fingerprint density at radius 2 is 1.97 bits per heavy atom. The Labute approximate surface area is 190 Å². The lowest BCUT2D eigenvalue weighted by molar-refractivity contribution is 0.279. The van der Waals surface area contributed by atoms with Crippen LogP contribution in [-0.4, -0.2) is 34.5 Å². The molecule has 0 atom stereocenters. The molecule has 2 aromatic carbocycles. The van der Waals surface area contributed by atoms with Crippen LogP contribution in [-0.2, 0) is 20.2 Å². The van der Waals surface area contributed by atoms with E-state index in [-0.39, 0.29) is 24.8 Å². The van der Waals surface area contributed by atoms with Crippen molar-refractivity contribution in [1.82, 2.24) is 34.5 Å². The third-order valence-corrected chi connectivity index (χ3v) is 5.42. The number of nitrogens with zero attached hydrogens (tertiary/aromatic N) is 6.